The van der Waals surface area contributed by atoms with Gasteiger partial charge < -0.3 is 0 Å². The molecule has 106 valence electrons. The van der Waals surface area contributed by atoms with Crippen LogP contribution in [0.3, 0.4) is 0 Å². The number of hydrogen-bond donors (Lipinski definition) is 0. The van der Waals surface area contributed by atoms with Crippen molar-refractivity contribution < 1.29 is 9.59 Å². The van der Waals surface area contributed by atoms with Crippen LogP contribution in [0.15, 0.2) is 0 Å². The molecule has 1 aliphatic heterocycles. The molecule has 4 bridgehead atoms. The summed E-state index contributed by atoms with van der Waals surface area (Å²) in [4.78, 5) is 26.5. The van der Waals surface area contributed by atoms with Crippen LogP contribution in [0, 0.1) is 40.4 Å². The van der Waals surface area contributed by atoms with Crippen LogP contribution in [-0.4, -0.2) is 23.3 Å². The maximum Gasteiger partial charge on any atom is 0.246 e. The van der Waals surface area contributed by atoms with E-state index in [9.17, 15) is 9.59 Å². The van der Waals surface area contributed by atoms with E-state index < -0.39 is 5.92 Å². The summed E-state index contributed by atoms with van der Waals surface area (Å²) in [5.74, 6) is 1.33. The Bertz CT molecular complexity index is 484. The number of rotatable bonds is 1. The molecule has 0 N–H and O–H groups in total. The Kier molecular flexibility index (Phi) is 2.52. The molecule has 5 fully saturated rings. The summed E-state index contributed by atoms with van der Waals surface area (Å²) in [6.45, 7) is 0.456. The van der Waals surface area contributed by atoms with Gasteiger partial charge >= 0.3 is 0 Å². The first kappa shape index (κ1) is 12.4. The summed E-state index contributed by atoms with van der Waals surface area (Å²) in [5.41, 5.74) is -0.255. The maximum absolute atomic E-state index is 13.0. The van der Waals surface area contributed by atoms with Crippen LogP contribution in [0.2, 0.25) is 0 Å². The van der Waals surface area contributed by atoms with E-state index in [1.165, 1.54) is 24.2 Å². The van der Waals surface area contributed by atoms with Gasteiger partial charge in [-0.1, -0.05) is 0 Å². The quantitative estimate of drug-likeness (QED) is 0.687. The lowest BCUT2D eigenvalue weighted by Crippen LogP contribution is -2.55. The molecule has 20 heavy (non-hydrogen) atoms. The third-order valence-electron chi connectivity index (χ3n) is 6.10. The van der Waals surface area contributed by atoms with E-state index in [2.05, 4.69) is 0 Å². The van der Waals surface area contributed by atoms with Crippen LogP contribution in [0.5, 0.6) is 0 Å². The van der Waals surface area contributed by atoms with Crippen LogP contribution >= 0.6 is 0 Å². The molecule has 1 unspecified atom stereocenters. The minimum Gasteiger partial charge on any atom is -0.281 e. The van der Waals surface area contributed by atoms with Crippen LogP contribution in [-0.2, 0) is 9.59 Å². The molecule has 1 saturated heterocycles. The van der Waals surface area contributed by atoms with E-state index in [1.54, 1.807) is 0 Å². The van der Waals surface area contributed by atoms with Gasteiger partial charge in [0.15, 0.2) is 0 Å². The molecule has 0 aromatic carbocycles. The molecule has 2 amide bonds. The molecule has 0 radical (unpaired) electrons. The molecule has 0 spiro atoms. The van der Waals surface area contributed by atoms with Crippen LogP contribution in [0.1, 0.15) is 44.9 Å². The first-order valence-corrected chi connectivity index (χ1v) is 7.87. The fourth-order valence-electron chi connectivity index (χ4n) is 5.66. The van der Waals surface area contributed by atoms with Crippen LogP contribution in [0.25, 0.3) is 0 Å². The number of nitriles is 1. The van der Waals surface area contributed by atoms with Gasteiger partial charge in [-0.05, 0) is 62.7 Å². The van der Waals surface area contributed by atoms with Crippen molar-refractivity contribution in [3.63, 3.8) is 0 Å². The Labute approximate surface area is 119 Å². The highest BCUT2D eigenvalue weighted by Crippen LogP contribution is 2.60. The third kappa shape index (κ3) is 1.58. The topological polar surface area (TPSA) is 61.2 Å². The van der Waals surface area contributed by atoms with Crippen molar-refractivity contribution in [1.82, 2.24) is 4.90 Å². The second-order valence-corrected chi connectivity index (χ2v) is 7.46. The molecule has 0 aromatic rings. The molecular formula is C16H20N2O2. The number of amides is 2. The van der Waals surface area contributed by atoms with Crippen LogP contribution < -0.4 is 0 Å². The number of likely N-dealkylation sites (tertiary alicyclic amines) is 1. The summed E-state index contributed by atoms with van der Waals surface area (Å²) in [6, 6.07) is 2.03. The number of hydrogen-bond acceptors (Lipinski definition) is 3. The Morgan fingerprint density at radius 3 is 2.15 bits per heavy atom. The van der Waals surface area contributed by atoms with Gasteiger partial charge in [-0.3, -0.25) is 14.5 Å². The first-order valence-electron chi connectivity index (χ1n) is 7.87. The molecule has 0 aromatic heterocycles. The van der Waals surface area contributed by atoms with E-state index >= 15 is 0 Å². The lowest BCUT2D eigenvalue weighted by atomic mass is 9.49. The van der Waals surface area contributed by atoms with Crippen LogP contribution in [0.4, 0.5) is 0 Å². The van der Waals surface area contributed by atoms with Crippen molar-refractivity contribution >= 4 is 11.8 Å². The summed E-state index contributed by atoms with van der Waals surface area (Å²) in [7, 11) is 0. The second-order valence-electron chi connectivity index (χ2n) is 7.46. The number of carbonyl (C=O) groups excluding carboxylic acids is 2. The Balaban J connectivity index is 1.60. The highest BCUT2D eigenvalue weighted by molar-refractivity contribution is 6.01. The molecule has 4 saturated carbocycles. The number of nitrogens with zero attached hydrogens (tertiary/aromatic N) is 2. The monoisotopic (exact) mass is 272 g/mol. The Hall–Kier alpha value is -1.37. The Morgan fingerprint density at radius 1 is 1.15 bits per heavy atom. The molecular weight excluding hydrogens is 252 g/mol. The molecule has 1 heterocycles. The zero-order valence-electron chi connectivity index (χ0n) is 11.7. The van der Waals surface area contributed by atoms with Crippen molar-refractivity contribution in [1.29, 1.82) is 5.26 Å². The van der Waals surface area contributed by atoms with Gasteiger partial charge in [0, 0.05) is 6.54 Å². The third-order valence-corrected chi connectivity index (χ3v) is 6.10. The zero-order valence-corrected chi connectivity index (χ0v) is 11.7. The van der Waals surface area contributed by atoms with Gasteiger partial charge in [-0.25, -0.2) is 0 Å². The molecule has 5 aliphatic rings. The Morgan fingerprint density at radius 2 is 1.70 bits per heavy atom. The molecule has 4 nitrogen and oxygen atoms in total. The SMILES string of the molecule is N#CC1CCN(C(=O)C23CC4CC(CC(C4)C2)C3)C1=O. The standard InChI is InChI=1S/C16H20N2O2/c17-9-13-1-2-18(14(13)19)15(20)16-6-10-3-11(7-16)5-12(4-10)8-16/h10-13H,1-8H2. The molecule has 1 atom stereocenters. The molecule has 5 rings (SSSR count). The van der Waals surface area contributed by atoms with Gasteiger partial charge in [-0.2, -0.15) is 5.26 Å². The first-order chi connectivity index (χ1) is 9.61. The van der Waals surface area contributed by atoms with Gasteiger partial charge in [-0.15, -0.1) is 0 Å². The summed E-state index contributed by atoms with van der Waals surface area (Å²) in [6.07, 6.45) is 7.35. The van der Waals surface area contributed by atoms with E-state index in [0.717, 1.165) is 19.3 Å². The maximum atomic E-state index is 13.0. The smallest absolute Gasteiger partial charge is 0.246 e. The summed E-state index contributed by atoms with van der Waals surface area (Å²) < 4.78 is 0. The van der Waals surface area contributed by atoms with Gasteiger partial charge in [0.25, 0.3) is 0 Å². The van der Waals surface area contributed by atoms with E-state index in [4.69, 9.17) is 5.26 Å². The normalized spacial score (nSPS) is 45.8. The molecule has 4 heteroatoms. The van der Waals surface area contributed by atoms with E-state index in [-0.39, 0.29) is 17.2 Å². The fraction of sp³-hybridized carbons (Fsp3) is 0.812. The minimum absolute atomic E-state index is 0.0550. The van der Waals surface area contributed by atoms with Gasteiger partial charge in [0.1, 0.15) is 5.92 Å². The minimum atomic E-state index is -0.590. The highest BCUT2D eigenvalue weighted by Gasteiger charge is 2.57. The van der Waals surface area contributed by atoms with Gasteiger partial charge in [0.05, 0.1) is 11.5 Å². The number of carbonyl (C=O) groups is 2. The van der Waals surface area contributed by atoms with E-state index in [1.807, 2.05) is 6.07 Å². The van der Waals surface area contributed by atoms with E-state index in [0.29, 0.717) is 30.7 Å². The van der Waals surface area contributed by atoms with Crippen molar-refractivity contribution in [2.75, 3.05) is 6.54 Å². The lowest BCUT2D eigenvalue weighted by molar-refractivity contribution is -0.161. The zero-order chi connectivity index (χ0) is 13.9. The van der Waals surface area contributed by atoms with Gasteiger partial charge in [0.2, 0.25) is 11.8 Å². The van der Waals surface area contributed by atoms with Crippen molar-refractivity contribution in [2.24, 2.45) is 29.1 Å². The summed E-state index contributed by atoms with van der Waals surface area (Å²) >= 11 is 0. The summed E-state index contributed by atoms with van der Waals surface area (Å²) in [5, 5.41) is 8.96. The average molecular weight is 272 g/mol. The predicted molar refractivity (Wildman–Crippen MR) is 71.0 cm³/mol. The lowest BCUT2D eigenvalue weighted by Gasteiger charge is -2.56. The largest absolute Gasteiger partial charge is 0.281 e. The average Bonchev–Trinajstić information content (AvgIpc) is 2.77. The molecule has 4 aliphatic carbocycles. The number of imide groups is 1. The van der Waals surface area contributed by atoms with Crippen molar-refractivity contribution in [3.8, 4) is 6.07 Å². The highest BCUT2D eigenvalue weighted by atomic mass is 16.2. The predicted octanol–water partition coefficient (Wildman–Crippen LogP) is 2.10. The second kappa shape index (κ2) is 4.07. The van der Waals surface area contributed by atoms with Crippen molar-refractivity contribution in [3.05, 3.63) is 0 Å². The van der Waals surface area contributed by atoms with Crippen molar-refractivity contribution in [2.45, 2.75) is 44.9 Å². The fourth-order valence-corrected chi connectivity index (χ4v) is 5.66.